The lowest BCUT2D eigenvalue weighted by Gasteiger charge is -2.16. The summed E-state index contributed by atoms with van der Waals surface area (Å²) in [4.78, 5) is 4.42. The number of nitrogens with zero attached hydrogens (tertiary/aromatic N) is 1. The highest BCUT2D eigenvalue weighted by molar-refractivity contribution is 14.0. The van der Waals surface area contributed by atoms with Crippen molar-refractivity contribution < 1.29 is 4.42 Å². The molecular formula is C15H26IN3O. The molecule has 1 heterocycles. The molecule has 1 fully saturated rings. The van der Waals surface area contributed by atoms with Gasteiger partial charge in [-0.05, 0) is 32.8 Å². The second-order valence-electron chi connectivity index (χ2n) is 5.47. The first-order chi connectivity index (χ1) is 9.15. The minimum atomic E-state index is 0. The Morgan fingerprint density at radius 1 is 1.30 bits per heavy atom. The predicted molar refractivity (Wildman–Crippen MR) is 93.5 cm³/mol. The molecule has 0 atom stereocenters. The van der Waals surface area contributed by atoms with Crippen LogP contribution in [0.5, 0.6) is 0 Å². The maximum absolute atomic E-state index is 5.97. The number of nitrogens with one attached hydrogen (secondary N) is 1. The summed E-state index contributed by atoms with van der Waals surface area (Å²) in [6, 6.07) is 2.52. The van der Waals surface area contributed by atoms with Crippen LogP contribution in [0.3, 0.4) is 0 Å². The van der Waals surface area contributed by atoms with Gasteiger partial charge in [0.25, 0.3) is 0 Å². The summed E-state index contributed by atoms with van der Waals surface area (Å²) < 4.78 is 5.48. The summed E-state index contributed by atoms with van der Waals surface area (Å²) in [5.74, 6) is 2.42. The Morgan fingerprint density at radius 2 is 1.95 bits per heavy atom. The number of halogens is 1. The van der Waals surface area contributed by atoms with Gasteiger partial charge in [0, 0.05) is 11.6 Å². The minimum Gasteiger partial charge on any atom is -0.466 e. The van der Waals surface area contributed by atoms with Crippen molar-refractivity contribution in [1.29, 1.82) is 0 Å². The molecule has 0 aliphatic heterocycles. The molecule has 0 radical (unpaired) electrons. The highest BCUT2D eigenvalue weighted by Gasteiger charge is 2.12. The van der Waals surface area contributed by atoms with E-state index in [9.17, 15) is 0 Å². The molecule has 0 unspecified atom stereocenters. The molecule has 5 heteroatoms. The first kappa shape index (κ1) is 17.3. The topological polar surface area (TPSA) is 63.5 Å². The molecular weight excluding hydrogens is 365 g/mol. The van der Waals surface area contributed by atoms with Crippen LogP contribution in [-0.2, 0) is 6.54 Å². The summed E-state index contributed by atoms with van der Waals surface area (Å²) in [7, 11) is 0. The lowest BCUT2D eigenvalue weighted by atomic mass is 10.1. The van der Waals surface area contributed by atoms with Gasteiger partial charge in [0.15, 0.2) is 5.96 Å². The summed E-state index contributed by atoms with van der Waals surface area (Å²) in [6.45, 7) is 4.51. The second-order valence-corrected chi connectivity index (χ2v) is 5.47. The van der Waals surface area contributed by atoms with E-state index < -0.39 is 0 Å². The zero-order valence-electron chi connectivity index (χ0n) is 12.4. The van der Waals surface area contributed by atoms with E-state index in [0.717, 1.165) is 17.1 Å². The lowest BCUT2D eigenvalue weighted by molar-refractivity contribution is 0.501. The zero-order chi connectivity index (χ0) is 13.7. The van der Waals surface area contributed by atoms with E-state index in [4.69, 9.17) is 10.2 Å². The summed E-state index contributed by atoms with van der Waals surface area (Å²) in [6.07, 6.45) is 7.71. The van der Waals surface area contributed by atoms with Crippen molar-refractivity contribution in [3.8, 4) is 0 Å². The van der Waals surface area contributed by atoms with Crippen LogP contribution in [0.1, 0.15) is 55.6 Å². The smallest absolute Gasteiger partial charge is 0.189 e. The number of nitrogens with two attached hydrogens (primary N) is 1. The van der Waals surface area contributed by atoms with Gasteiger partial charge in [-0.3, -0.25) is 0 Å². The summed E-state index contributed by atoms with van der Waals surface area (Å²) >= 11 is 0. The fourth-order valence-electron chi connectivity index (χ4n) is 2.69. The highest BCUT2D eigenvalue weighted by atomic mass is 127. The highest BCUT2D eigenvalue weighted by Crippen LogP contribution is 2.17. The van der Waals surface area contributed by atoms with Gasteiger partial charge < -0.3 is 15.5 Å². The monoisotopic (exact) mass is 391 g/mol. The van der Waals surface area contributed by atoms with Gasteiger partial charge in [0.05, 0.1) is 6.54 Å². The SMILES string of the molecule is Cc1cc(CN=C(N)NC2CCCCCC2)c(C)o1.I. The van der Waals surface area contributed by atoms with E-state index in [2.05, 4.69) is 10.3 Å². The zero-order valence-corrected chi connectivity index (χ0v) is 14.8. The lowest BCUT2D eigenvalue weighted by Crippen LogP contribution is -2.39. The summed E-state index contributed by atoms with van der Waals surface area (Å²) in [5.41, 5.74) is 7.08. The Hall–Kier alpha value is -0.720. The molecule has 1 aliphatic rings. The van der Waals surface area contributed by atoms with Crippen molar-refractivity contribution in [2.24, 2.45) is 10.7 Å². The number of rotatable bonds is 3. The predicted octanol–water partition coefficient (Wildman–Crippen LogP) is 3.64. The van der Waals surface area contributed by atoms with Crippen LogP contribution in [0.15, 0.2) is 15.5 Å². The van der Waals surface area contributed by atoms with Crippen LogP contribution in [0, 0.1) is 13.8 Å². The number of aliphatic imine (C=N–C) groups is 1. The molecule has 114 valence electrons. The van der Waals surface area contributed by atoms with Gasteiger partial charge in [-0.2, -0.15) is 0 Å². The van der Waals surface area contributed by atoms with E-state index in [1.807, 2.05) is 19.9 Å². The molecule has 0 saturated heterocycles. The maximum Gasteiger partial charge on any atom is 0.189 e. The molecule has 0 bridgehead atoms. The average Bonchev–Trinajstić information content (AvgIpc) is 2.56. The molecule has 0 amide bonds. The van der Waals surface area contributed by atoms with Crippen LogP contribution in [0.4, 0.5) is 0 Å². The van der Waals surface area contributed by atoms with Crippen molar-refractivity contribution in [1.82, 2.24) is 5.32 Å². The standard InChI is InChI=1S/C15H25N3O.HI/c1-11-9-13(12(2)19-11)10-17-15(16)18-14-7-5-3-4-6-8-14;/h9,14H,3-8,10H2,1-2H3,(H3,16,17,18);1H. The summed E-state index contributed by atoms with van der Waals surface area (Å²) in [5, 5.41) is 3.35. The van der Waals surface area contributed by atoms with Gasteiger partial charge in [0.1, 0.15) is 11.5 Å². The fourth-order valence-corrected chi connectivity index (χ4v) is 2.69. The van der Waals surface area contributed by atoms with Crippen molar-refractivity contribution in [2.75, 3.05) is 0 Å². The van der Waals surface area contributed by atoms with E-state index in [-0.39, 0.29) is 24.0 Å². The van der Waals surface area contributed by atoms with Crippen LogP contribution < -0.4 is 11.1 Å². The van der Waals surface area contributed by atoms with Crippen molar-refractivity contribution >= 4 is 29.9 Å². The molecule has 20 heavy (non-hydrogen) atoms. The third-order valence-corrected chi connectivity index (χ3v) is 3.77. The second kappa shape index (κ2) is 8.54. The Morgan fingerprint density at radius 3 is 2.50 bits per heavy atom. The van der Waals surface area contributed by atoms with Gasteiger partial charge in [-0.1, -0.05) is 25.7 Å². The molecule has 1 aromatic rings. The first-order valence-corrected chi connectivity index (χ1v) is 7.27. The Kier molecular flexibility index (Phi) is 7.40. The number of guanidine groups is 1. The van der Waals surface area contributed by atoms with E-state index in [1.165, 1.54) is 38.5 Å². The maximum atomic E-state index is 5.97. The molecule has 4 nitrogen and oxygen atoms in total. The molecule has 0 aromatic carbocycles. The Balaban J connectivity index is 0.00000200. The number of hydrogen-bond donors (Lipinski definition) is 2. The van der Waals surface area contributed by atoms with E-state index in [1.54, 1.807) is 0 Å². The largest absolute Gasteiger partial charge is 0.466 e. The van der Waals surface area contributed by atoms with Gasteiger partial charge in [-0.15, -0.1) is 24.0 Å². The Bertz CT molecular complexity index is 434. The van der Waals surface area contributed by atoms with Crippen molar-refractivity contribution in [2.45, 2.75) is 65.0 Å². The van der Waals surface area contributed by atoms with Crippen LogP contribution in [0.25, 0.3) is 0 Å². The quantitative estimate of drug-likeness (QED) is 0.358. The molecule has 0 spiro atoms. The van der Waals surface area contributed by atoms with Crippen molar-refractivity contribution in [3.05, 3.63) is 23.2 Å². The normalized spacial score (nSPS) is 17.4. The first-order valence-electron chi connectivity index (χ1n) is 7.27. The van der Waals surface area contributed by atoms with Gasteiger partial charge in [-0.25, -0.2) is 4.99 Å². The average molecular weight is 391 g/mol. The van der Waals surface area contributed by atoms with Gasteiger partial charge >= 0.3 is 0 Å². The molecule has 1 aromatic heterocycles. The minimum absolute atomic E-state index is 0. The Labute approximate surface area is 138 Å². The van der Waals surface area contributed by atoms with E-state index in [0.29, 0.717) is 18.5 Å². The van der Waals surface area contributed by atoms with Crippen molar-refractivity contribution in [3.63, 3.8) is 0 Å². The molecule has 2 rings (SSSR count). The van der Waals surface area contributed by atoms with Gasteiger partial charge in [0.2, 0.25) is 0 Å². The molecule has 1 saturated carbocycles. The van der Waals surface area contributed by atoms with Crippen LogP contribution in [0.2, 0.25) is 0 Å². The fraction of sp³-hybridized carbons (Fsp3) is 0.667. The molecule has 1 aliphatic carbocycles. The number of aryl methyl sites for hydroxylation is 2. The third kappa shape index (κ3) is 5.34. The molecule has 3 N–H and O–H groups in total. The third-order valence-electron chi connectivity index (χ3n) is 3.77. The number of hydrogen-bond acceptors (Lipinski definition) is 2. The number of furan rings is 1. The van der Waals surface area contributed by atoms with E-state index >= 15 is 0 Å². The van der Waals surface area contributed by atoms with Crippen LogP contribution >= 0.6 is 24.0 Å². The van der Waals surface area contributed by atoms with Crippen LogP contribution in [-0.4, -0.2) is 12.0 Å².